The number of rotatable bonds is 2. The molecule has 0 atom stereocenters. The summed E-state index contributed by atoms with van der Waals surface area (Å²) in [6, 6.07) is 8.36. The first kappa shape index (κ1) is 13.1. The van der Waals surface area contributed by atoms with Crippen molar-refractivity contribution in [2.45, 2.75) is 26.2 Å². The molecule has 1 aromatic heterocycles. The molecular weight excluding hydrogens is 242 g/mol. The lowest BCUT2D eigenvalue weighted by atomic mass is 9.92. The summed E-state index contributed by atoms with van der Waals surface area (Å²) in [5.41, 5.74) is 7.57. The van der Waals surface area contributed by atoms with E-state index in [2.05, 4.69) is 5.10 Å². The molecule has 0 saturated heterocycles. The molecule has 0 saturated carbocycles. The van der Waals surface area contributed by atoms with Crippen LogP contribution in [0.4, 0.5) is 5.82 Å². The van der Waals surface area contributed by atoms with E-state index in [1.807, 2.05) is 26.8 Å². The third-order valence-electron chi connectivity index (χ3n) is 2.84. The average molecular weight is 259 g/mol. The van der Waals surface area contributed by atoms with Crippen molar-refractivity contribution in [3.05, 3.63) is 41.6 Å². The quantitative estimate of drug-likeness (QED) is 0.868. The lowest BCUT2D eigenvalue weighted by Gasteiger charge is -2.14. The molecule has 3 N–H and O–H groups in total. The fraction of sp³-hybridized carbons (Fsp3) is 0.286. The molecule has 19 heavy (non-hydrogen) atoms. The molecule has 1 aromatic carbocycles. The maximum absolute atomic E-state index is 11.0. The van der Waals surface area contributed by atoms with Crippen LogP contribution in [0.5, 0.6) is 0 Å². The van der Waals surface area contributed by atoms with Crippen molar-refractivity contribution in [2.24, 2.45) is 0 Å². The van der Waals surface area contributed by atoms with Crippen LogP contribution in [0, 0.1) is 0 Å². The largest absolute Gasteiger partial charge is 0.478 e. The third kappa shape index (κ3) is 2.59. The van der Waals surface area contributed by atoms with Gasteiger partial charge in [0.25, 0.3) is 0 Å². The van der Waals surface area contributed by atoms with E-state index in [0.717, 1.165) is 5.69 Å². The number of hydrogen-bond donors (Lipinski definition) is 2. The van der Waals surface area contributed by atoms with Crippen molar-refractivity contribution in [3.8, 4) is 5.69 Å². The second-order valence-corrected chi connectivity index (χ2v) is 5.47. The summed E-state index contributed by atoms with van der Waals surface area (Å²) in [5, 5.41) is 13.4. The molecule has 100 valence electrons. The first-order chi connectivity index (χ1) is 8.79. The number of carboxylic acids is 1. The molecule has 0 bridgehead atoms. The van der Waals surface area contributed by atoms with E-state index in [1.165, 1.54) is 6.07 Å². The van der Waals surface area contributed by atoms with E-state index in [0.29, 0.717) is 11.5 Å². The summed E-state index contributed by atoms with van der Waals surface area (Å²) >= 11 is 0. The van der Waals surface area contributed by atoms with Gasteiger partial charge in [0.2, 0.25) is 0 Å². The van der Waals surface area contributed by atoms with Gasteiger partial charge in [-0.2, -0.15) is 5.10 Å². The minimum atomic E-state index is -0.969. The van der Waals surface area contributed by atoms with Gasteiger partial charge in [0.15, 0.2) is 0 Å². The van der Waals surface area contributed by atoms with Crippen molar-refractivity contribution >= 4 is 11.8 Å². The van der Waals surface area contributed by atoms with E-state index in [-0.39, 0.29) is 11.0 Å². The maximum atomic E-state index is 11.0. The molecule has 0 unspecified atom stereocenters. The first-order valence-corrected chi connectivity index (χ1v) is 5.99. The molecule has 0 radical (unpaired) electrons. The van der Waals surface area contributed by atoms with Crippen LogP contribution in [0.2, 0.25) is 0 Å². The number of carbonyl (C=O) groups is 1. The Morgan fingerprint density at radius 3 is 2.53 bits per heavy atom. The Hall–Kier alpha value is -2.30. The monoisotopic (exact) mass is 259 g/mol. The van der Waals surface area contributed by atoms with Gasteiger partial charge in [-0.15, -0.1) is 0 Å². The van der Waals surface area contributed by atoms with Crippen molar-refractivity contribution in [3.63, 3.8) is 0 Å². The highest BCUT2D eigenvalue weighted by atomic mass is 16.4. The van der Waals surface area contributed by atoms with Crippen LogP contribution >= 0.6 is 0 Å². The normalized spacial score (nSPS) is 11.5. The highest BCUT2D eigenvalue weighted by Crippen LogP contribution is 2.24. The van der Waals surface area contributed by atoms with Crippen LogP contribution in [0.25, 0.3) is 5.69 Å². The molecule has 0 fully saturated rings. The van der Waals surface area contributed by atoms with Crippen molar-refractivity contribution < 1.29 is 9.90 Å². The van der Waals surface area contributed by atoms with Crippen molar-refractivity contribution in [1.29, 1.82) is 0 Å². The zero-order chi connectivity index (χ0) is 14.2. The first-order valence-electron chi connectivity index (χ1n) is 5.99. The second kappa shape index (κ2) is 4.42. The minimum Gasteiger partial charge on any atom is -0.478 e. The molecule has 2 rings (SSSR count). The average Bonchev–Trinajstić information content (AvgIpc) is 2.71. The zero-order valence-corrected chi connectivity index (χ0v) is 11.2. The van der Waals surface area contributed by atoms with Gasteiger partial charge in [0.1, 0.15) is 5.82 Å². The van der Waals surface area contributed by atoms with Gasteiger partial charge in [0.05, 0.1) is 16.9 Å². The zero-order valence-electron chi connectivity index (χ0n) is 11.2. The molecule has 0 aliphatic heterocycles. The fourth-order valence-electron chi connectivity index (χ4n) is 1.74. The van der Waals surface area contributed by atoms with E-state index in [4.69, 9.17) is 10.8 Å². The fourth-order valence-corrected chi connectivity index (χ4v) is 1.74. The van der Waals surface area contributed by atoms with Gasteiger partial charge in [-0.1, -0.05) is 26.8 Å². The minimum absolute atomic E-state index is 0.107. The number of aromatic carboxylic acids is 1. The Morgan fingerprint density at radius 2 is 2.00 bits per heavy atom. The molecule has 0 spiro atoms. The Morgan fingerprint density at radius 1 is 1.32 bits per heavy atom. The molecule has 0 aliphatic carbocycles. The standard InChI is InChI=1S/C14H17N3O2/c1-14(2,3)11-8-12(15)17(16-11)10-6-4-5-9(7-10)13(18)19/h4-8H,15H2,1-3H3,(H,18,19). The number of nitrogen functional groups attached to an aromatic ring is 1. The van der Waals surface area contributed by atoms with Crippen LogP contribution in [-0.2, 0) is 5.41 Å². The van der Waals surface area contributed by atoms with Crippen LogP contribution in [0.15, 0.2) is 30.3 Å². The Bertz CT molecular complexity index is 624. The number of carboxylic acid groups (broad SMARTS) is 1. The molecule has 0 amide bonds. The van der Waals surface area contributed by atoms with E-state index in [1.54, 1.807) is 22.9 Å². The lowest BCUT2D eigenvalue weighted by Crippen LogP contribution is -2.12. The Labute approximate surface area is 111 Å². The molecular formula is C14H17N3O2. The summed E-state index contributed by atoms with van der Waals surface area (Å²) < 4.78 is 1.56. The van der Waals surface area contributed by atoms with E-state index in [9.17, 15) is 4.79 Å². The highest BCUT2D eigenvalue weighted by molar-refractivity contribution is 5.88. The Balaban J connectivity index is 2.50. The summed E-state index contributed by atoms with van der Waals surface area (Å²) in [7, 11) is 0. The van der Waals surface area contributed by atoms with E-state index < -0.39 is 5.97 Å². The molecule has 2 aromatic rings. The number of benzene rings is 1. The van der Waals surface area contributed by atoms with Crippen LogP contribution in [-0.4, -0.2) is 20.9 Å². The maximum Gasteiger partial charge on any atom is 0.335 e. The van der Waals surface area contributed by atoms with Gasteiger partial charge in [0, 0.05) is 11.5 Å². The smallest absolute Gasteiger partial charge is 0.335 e. The SMILES string of the molecule is CC(C)(C)c1cc(N)n(-c2cccc(C(=O)O)c2)n1. The predicted octanol–water partition coefficient (Wildman–Crippen LogP) is 2.45. The Kier molecular flexibility index (Phi) is 3.06. The van der Waals surface area contributed by atoms with Crippen molar-refractivity contribution in [2.75, 3.05) is 5.73 Å². The van der Waals surface area contributed by atoms with Gasteiger partial charge < -0.3 is 10.8 Å². The van der Waals surface area contributed by atoms with Crippen LogP contribution in [0.3, 0.4) is 0 Å². The highest BCUT2D eigenvalue weighted by Gasteiger charge is 2.19. The summed E-state index contributed by atoms with van der Waals surface area (Å²) in [5.74, 6) is -0.476. The van der Waals surface area contributed by atoms with Gasteiger partial charge >= 0.3 is 5.97 Å². The van der Waals surface area contributed by atoms with Crippen molar-refractivity contribution in [1.82, 2.24) is 9.78 Å². The summed E-state index contributed by atoms with van der Waals surface area (Å²) in [4.78, 5) is 11.0. The number of nitrogens with zero attached hydrogens (tertiary/aromatic N) is 2. The van der Waals surface area contributed by atoms with Crippen LogP contribution < -0.4 is 5.73 Å². The number of hydrogen-bond acceptors (Lipinski definition) is 3. The molecule has 5 heteroatoms. The summed E-state index contributed by atoms with van der Waals surface area (Å²) in [6.07, 6.45) is 0. The van der Waals surface area contributed by atoms with Gasteiger partial charge in [-0.05, 0) is 18.2 Å². The topological polar surface area (TPSA) is 81.1 Å². The predicted molar refractivity (Wildman–Crippen MR) is 73.6 cm³/mol. The van der Waals surface area contributed by atoms with Crippen LogP contribution in [0.1, 0.15) is 36.8 Å². The number of anilines is 1. The second-order valence-electron chi connectivity index (χ2n) is 5.47. The molecule has 1 heterocycles. The number of aromatic nitrogens is 2. The number of nitrogens with two attached hydrogens (primary N) is 1. The summed E-state index contributed by atoms with van der Waals surface area (Å²) in [6.45, 7) is 6.15. The van der Waals surface area contributed by atoms with Gasteiger partial charge in [-0.3, -0.25) is 0 Å². The molecule has 5 nitrogen and oxygen atoms in total. The third-order valence-corrected chi connectivity index (χ3v) is 2.84. The lowest BCUT2D eigenvalue weighted by molar-refractivity contribution is 0.0697. The van der Waals surface area contributed by atoms with Gasteiger partial charge in [-0.25, -0.2) is 9.48 Å². The molecule has 0 aliphatic rings. The van der Waals surface area contributed by atoms with E-state index >= 15 is 0 Å².